The lowest BCUT2D eigenvalue weighted by molar-refractivity contribution is 0.647. The van der Waals surface area contributed by atoms with Crippen LogP contribution in [-0.2, 0) is 6.42 Å². The molecule has 0 heterocycles. The highest BCUT2D eigenvalue weighted by Crippen LogP contribution is 2.12. The highest BCUT2D eigenvalue weighted by Gasteiger charge is 1.96. The molecule has 0 saturated heterocycles. The molecule has 13 heavy (non-hydrogen) atoms. The Morgan fingerprint density at radius 1 is 1.15 bits per heavy atom. The first kappa shape index (κ1) is 10.1. The molecule has 0 aromatic heterocycles. The SMILES string of the molecule is CCNc1ccc(CC(C)C)cc1. The molecule has 0 atom stereocenters. The normalized spacial score (nSPS) is 10.5. The Morgan fingerprint density at radius 3 is 2.23 bits per heavy atom. The molecule has 0 radical (unpaired) electrons. The maximum Gasteiger partial charge on any atom is 0.0340 e. The zero-order valence-electron chi connectivity index (χ0n) is 8.80. The third-order valence-corrected chi connectivity index (χ3v) is 1.98. The summed E-state index contributed by atoms with van der Waals surface area (Å²) in [5, 5.41) is 3.29. The first-order valence-electron chi connectivity index (χ1n) is 5.05. The molecular weight excluding hydrogens is 158 g/mol. The summed E-state index contributed by atoms with van der Waals surface area (Å²) >= 11 is 0. The van der Waals surface area contributed by atoms with Crippen LogP contribution in [0.25, 0.3) is 0 Å². The molecule has 0 aliphatic carbocycles. The van der Waals surface area contributed by atoms with Gasteiger partial charge in [-0.3, -0.25) is 0 Å². The lowest BCUT2D eigenvalue weighted by atomic mass is 10.0. The van der Waals surface area contributed by atoms with Crippen molar-refractivity contribution in [1.82, 2.24) is 0 Å². The van der Waals surface area contributed by atoms with Crippen LogP contribution in [0.1, 0.15) is 26.3 Å². The number of hydrogen-bond donors (Lipinski definition) is 1. The molecule has 0 aliphatic rings. The van der Waals surface area contributed by atoms with Crippen molar-refractivity contribution in [3.63, 3.8) is 0 Å². The van der Waals surface area contributed by atoms with E-state index in [1.54, 1.807) is 0 Å². The quantitative estimate of drug-likeness (QED) is 0.744. The highest BCUT2D eigenvalue weighted by atomic mass is 14.8. The Morgan fingerprint density at radius 2 is 1.77 bits per heavy atom. The molecule has 1 aromatic carbocycles. The summed E-state index contributed by atoms with van der Waals surface area (Å²) in [4.78, 5) is 0. The first-order chi connectivity index (χ1) is 6.22. The number of rotatable bonds is 4. The fourth-order valence-electron chi connectivity index (χ4n) is 1.43. The standard InChI is InChI=1S/C12H19N/c1-4-13-12-7-5-11(6-8-12)9-10(2)3/h5-8,10,13H,4,9H2,1-3H3. The monoisotopic (exact) mass is 177 g/mol. The van der Waals surface area contributed by atoms with Crippen LogP contribution in [0.15, 0.2) is 24.3 Å². The minimum atomic E-state index is 0.741. The molecule has 72 valence electrons. The Labute approximate surface area is 81.2 Å². The lowest BCUT2D eigenvalue weighted by Gasteiger charge is -2.06. The lowest BCUT2D eigenvalue weighted by Crippen LogP contribution is -1.97. The van der Waals surface area contributed by atoms with E-state index >= 15 is 0 Å². The van der Waals surface area contributed by atoms with Crippen molar-refractivity contribution in [3.05, 3.63) is 29.8 Å². The number of hydrogen-bond acceptors (Lipinski definition) is 1. The Bertz CT molecular complexity index is 236. The number of anilines is 1. The molecule has 1 heteroatoms. The predicted molar refractivity (Wildman–Crippen MR) is 59.1 cm³/mol. The van der Waals surface area contributed by atoms with Crippen LogP contribution in [0.5, 0.6) is 0 Å². The van der Waals surface area contributed by atoms with Crippen LogP contribution in [0, 0.1) is 5.92 Å². The fraction of sp³-hybridized carbons (Fsp3) is 0.500. The first-order valence-corrected chi connectivity index (χ1v) is 5.05. The van der Waals surface area contributed by atoms with Crippen LogP contribution in [0.3, 0.4) is 0 Å². The molecule has 0 unspecified atom stereocenters. The molecular formula is C12H19N. The predicted octanol–water partition coefficient (Wildman–Crippen LogP) is 3.32. The topological polar surface area (TPSA) is 12.0 Å². The summed E-state index contributed by atoms with van der Waals surface area (Å²) in [6.07, 6.45) is 1.17. The summed E-state index contributed by atoms with van der Waals surface area (Å²) < 4.78 is 0. The van der Waals surface area contributed by atoms with Crippen LogP contribution >= 0.6 is 0 Å². The molecule has 1 aromatic rings. The molecule has 0 amide bonds. The second-order valence-electron chi connectivity index (χ2n) is 3.83. The van der Waals surface area contributed by atoms with E-state index in [4.69, 9.17) is 0 Å². The van der Waals surface area contributed by atoms with Gasteiger partial charge < -0.3 is 5.32 Å². The van der Waals surface area contributed by atoms with Crippen molar-refractivity contribution in [3.8, 4) is 0 Å². The minimum absolute atomic E-state index is 0.741. The van der Waals surface area contributed by atoms with Gasteiger partial charge in [0.05, 0.1) is 0 Å². The van der Waals surface area contributed by atoms with Crippen molar-refractivity contribution in [2.75, 3.05) is 11.9 Å². The van der Waals surface area contributed by atoms with Crippen molar-refractivity contribution in [2.24, 2.45) is 5.92 Å². The van der Waals surface area contributed by atoms with Gasteiger partial charge in [0.25, 0.3) is 0 Å². The van der Waals surface area contributed by atoms with Crippen LogP contribution < -0.4 is 5.32 Å². The molecule has 0 saturated carbocycles. The summed E-state index contributed by atoms with van der Waals surface area (Å²) in [6.45, 7) is 7.60. The van der Waals surface area contributed by atoms with Crippen LogP contribution in [0.4, 0.5) is 5.69 Å². The van der Waals surface area contributed by atoms with Crippen molar-refractivity contribution in [2.45, 2.75) is 27.2 Å². The molecule has 0 fully saturated rings. The van der Waals surface area contributed by atoms with E-state index in [9.17, 15) is 0 Å². The van der Waals surface area contributed by atoms with Gasteiger partial charge in [0.2, 0.25) is 0 Å². The van der Waals surface area contributed by atoms with Gasteiger partial charge in [-0.15, -0.1) is 0 Å². The second kappa shape index (κ2) is 4.90. The van der Waals surface area contributed by atoms with Gasteiger partial charge in [0.1, 0.15) is 0 Å². The molecule has 0 aliphatic heterocycles. The molecule has 1 N–H and O–H groups in total. The van der Waals surface area contributed by atoms with Gasteiger partial charge in [-0.05, 0) is 37.0 Å². The minimum Gasteiger partial charge on any atom is -0.385 e. The summed E-state index contributed by atoms with van der Waals surface area (Å²) in [7, 11) is 0. The zero-order chi connectivity index (χ0) is 9.68. The Hall–Kier alpha value is -0.980. The molecule has 1 rings (SSSR count). The van der Waals surface area contributed by atoms with E-state index in [2.05, 4.69) is 50.4 Å². The van der Waals surface area contributed by atoms with E-state index in [0.29, 0.717) is 0 Å². The molecule has 1 nitrogen and oxygen atoms in total. The van der Waals surface area contributed by atoms with E-state index < -0.39 is 0 Å². The van der Waals surface area contributed by atoms with E-state index in [1.807, 2.05) is 0 Å². The maximum atomic E-state index is 3.29. The van der Waals surface area contributed by atoms with E-state index in [1.165, 1.54) is 17.7 Å². The zero-order valence-corrected chi connectivity index (χ0v) is 8.80. The largest absolute Gasteiger partial charge is 0.385 e. The van der Waals surface area contributed by atoms with Crippen molar-refractivity contribution >= 4 is 5.69 Å². The highest BCUT2D eigenvalue weighted by molar-refractivity contribution is 5.44. The third kappa shape index (κ3) is 3.49. The maximum absolute atomic E-state index is 3.29. The van der Waals surface area contributed by atoms with Gasteiger partial charge in [-0.25, -0.2) is 0 Å². The van der Waals surface area contributed by atoms with E-state index in [-0.39, 0.29) is 0 Å². The number of benzene rings is 1. The molecule has 0 bridgehead atoms. The average molecular weight is 177 g/mol. The van der Waals surface area contributed by atoms with Crippen molar-refractivity contribution < 1.29 is 0 Å². The van der Waals surface area contributed by atoms with E-state index in [0.717, 1.165) is 12.5 Å². The summed E-state index contributed by atoms with van der Waals surface area (Å²) in [5.41, 5.74) is 2.65. The average Bonchev–Trinajstić information content (AvgIpc) is 2.08. The van der Waals surface area contributed by atoms with Gasteiger partial charge in [-0.2, -0.15) is 0 Å². The van der Waals surface area contributed by atoms with Crippen LogP contribution in [-0.4, -0.2) is 6.54 Å². The number of nitrogens with one attached hydrogen (secondary N) is 1. The smallest absolute Gasteiger partial charge is 0.0340 e. The third-order valence-electron chi connectivity index (χ3n) is 1.98. The van der Waals surface area contributed by atoms with Crippen molar-refractivity contribution in [1.29, 1.82) is 0 Å². The van der Waals surface area contributed by atoms with Crippen LogP contribution in [0.2, 0.25) is 0 Å². The Kier molecular flexibility index (Phi) is 3.81. The van der Waals surface area contributed by atoms with Gasteiger partial charge in [-0.1, -0.05) is 26.0 Å². The fourth-order valence-corrected chi connectivity index (χ4v) is 1.43. The Balaban J connectivity index is 2.59. The van der Waals surface area contributed by atoms with Gasteiger partial charge in [0, 0.05) is 12.2 Å². The molecule has 0 spiro atoms. The van der Waals surface area contributed by atoms with Gasteiger partial charge in [0.15, 0.2) is 0 Å². The van der Waals surface area contributed by atoms with Gasteiger partial charge >= 0.3 is 0 Å². The summed E-state index contributed by atoms with van der Waals surface area (Å²) in [6, 6.07) is 8.72. The second-order valence-corrected chi connectivity index (χ2v) is 3.83. The summed E-state index contributed by atoms with van der Waals surface area (Å²) in [5.74, 6) is 0.741.